The van der Waals surface area contributed by atoms with Crippen molar-refractivity contribution >= 4 is 33.4 Å². The fraction of sp³-hybridized carbons (Fsp3) is 0.207. The van der Waals surface area contributed by atoms with Gasteiger partial charge >= 0.3 is 0 Å². The van der Waals surface area contributed by atoms with Crippen molar-refractivity contribution in [1.82, 2.24) is 4.90 Å². The molecule has 2 aliphatic rings. The molecule has 0 amide bonds. The molecule has 0 radical (unpaired) electrons. The molecule has 6 heteroatoms. The fourth-order valence-corrected chi connectivity index (χ4v) is 4.99. The predicted molar refractivity (Wildman–Crippen MR) is 141 cm³/mol. The van der Waals surface area contributed by atoms with Crippen LogP contribution in [-0.4, -0.2) is 38.0 Å². The molecule has 0 atom stereocenters. The second-order valence-corrected chi connectivity index (χ2v) is 9.38. The van der Waals surface area contributed by atoms with Gasteiger partial charge in [-0.2, -0.15) is 0 Å². The molecule has 2 aliphatic heterocycles. The standard InChI is InChI=1S/C29H26BrNO4/c1-33-23-17-24(34-2)27-28(32)25(16-21-10-6-7-11-22(21)30)35-29(27)26(23)20-12-14-31(15-13-20)18-19-8-4-3-5-9-19/h3-12,16-17H,13-15,18H2,1-2H3. The van der Waals surface area contributed by atoms with Gasteiger partial charge < -0.3 is 14.2 Å². The van der Waals surface area contributed by atoms with E-state index in [1.54, 1.807) is 26.4 Å². The number of ketones is 1. The number of hydrogen-bond acceptors (Lipinski definition) is 5. The zero-order chi connectivity index (χ0) is 24.4. The van der Waals surface area contributed by atoms with Gasteiger partial charge in [0, 0.05) is 30.2 Å². The summed E-state index contributed by atoms with van der Waals surface area (Å²) < 4.78 is 18.5. The lowest BCUT2D eigenvalue weighted by Gasteiger charge is -2.27. The number of nitrogens with zero attached hydrogens (tertiary/aromatic N) is 1. The van der Waals surface area contributed by atoms with E-state index in [9.17, 15) is 4.79 Å². The van der Waals surface area contributed by atoms with E-state index >= 15 is 0 Å². The van der Waals surface area contributed by atoms with Gasteiger partial charge in [-0.25, -0.2) is 0 Å². The Hall–Kier alpha value is -3.35. The fourth-order valence-electron chi connectivity index (χ4n) is 4.59. The third-order valence-electron chi connectivity index (χ3n) is 6.37. The summed E-state index contributed by atoms with van der Waals surface area (Å²) >= 11 is 3.55. The van der Waals surface area contributed by atoms with Gasteiger partial charge in [0.05, 0.1) is 19.8 Å². The van der Waals surface area contributed by atoms with Crippen LogP contribution < -0.4 is 14.2 Å². The number of benzene rings is 3. The van der Waals surface area contributed by atoms with Gasteiger partial charge in [0.25, 0.3) is 0 Å². The molecule has 5 rings (SSSR count). The number of Topliss-reactive ketones (excluding diaryl/α,β-unsaturated/α-hetero) is 1. The van der Waals surface area contributed by atoms with E-state index in [2.05, 4.69) is 51.2 Å². The highest BCUT2D eigenvalue weighted by molar-refractivity contribution is 9.10. The van der Waals surface area contributed by atoms with Crippen molar-refractivity contribution in [2.75, 3.05) is 27.3 Å². The van der Waals surface area contributed by atoms with Crippen LogP contribution in [0.15, 0.2) is 77.0 Å². The van der Waals surface area contributed by atoms with Crippen LogP contribution in [0.1, 0.15) is 33.5 Å². The van der Waals surface area contributed by atoms with Gasteiger partial charge in [-0.05, 0) is 35.3 Å². The number of allylic oxidation sites excluding steroid dienone is 1. The molecule has 5 nitrogen and oxygen atoms in total. The van der Waals surface area contributed by atoms with Gasteiger partial charge in [0.2, 0.25) is 5.78 Å². The van der Waals surface area contributed by atoms with Crippen molar-refractivity contribution in [3.05, 3.63) is 99.2 Å². The van der Waals surface area contributed by atoms with E-state index in [-0.39, 0.29) is 11.5 Å². The van der Waals surface area contributed by atoms with Crippen LogP contribution in [0.2, 0.25) is 0 Å². The highest BCUT2D eigenvalue weighted by atomic mass is 79.9. The molecule has 0 aliphatic carbocycles. The number of halogens is 1. The quantitative estimate of drug-likeness (QED) is 0.346. The molecular formula is C29H26BrNO4. The number of ether oxygens (including phenoxy) is 3. The van der Waals surface area contributed by atoms with Gasteiger partial charge in [-0.3, -0.25) is 9.69 Å². The molecule has 178 valence electrons. The maximum absolute atomic E-state index is 13.4. The molecule has 3 aromatic carbocycles. The van der Waals surface area contributed by atoms with Crippen molar-refractivity contribution < 1.29 is 19.0 Å². The van der Waals surface area contributed by atoms with E-state index in [0.717, 1.165) is 47.2 Å². The molecule has 0 fully saturated rings. The van der Waals surface area contributed by atoms with E-state index in [1.165, 1.54) is 5.56 Å². The van der Waals surface area contributed by atoms with Crippen molar-refractivity contribution in [2.45, 2.75) is 13.0 Å². The molecule has 0 N–H and O–H groups in total. The Balaban J connectivity index is 1.51. The lowest BCUT2D eigenvalue weighted by Crippen LogP contribution is -2.28. The Morgan fingerprint density at radius 3 is 2.40 bits per heavy atom. The van der Waals surface area contributed by atoms with Crippen molar-refractivity contribution in [1.29, 1.82) is 0 Å². The largest absolute Gasteiger partial charge is 0.496 e. The summed E-state index contributed by atoms with van der Waals surface area (Å²) in [5.74, 6) is 1.66. The van der Waals surface area contributed by atoms with Crippen LogP contribution in [0.25, 0.3) is 11.6 Å². The zero-order valence-corrected chi connectivity index (χ0v) is 21.3. The maximum atomic E-state index is 13.4. The predicted octanol–water partition coefficient (Wildman–Crippen LogP) is 6.37. The summed E-state index contributed by atoms with van der Waals surface area (Å²) in [6, 6.07) is 20.0. The highest BCUT2D eigenvalue weighted by Crippen LogP contribution is 2.49. The Morgan fingerprint density at radius 1 is 1.00 bits per heavy atom. The summed E-state index contributed by atoms with van der Waals surface area (Å²) in [6.45, 7) is 2.61. The number of carbonyl (C=O) groups is 1. The topological polar surface area (TPSA) is 48.0 Å². The molecular weight excluding hydrogens is 506 g/mol. The number of methoxy groups -OCH3 is 2. The smallest absolute Gasteiger partial charge is 0.235 e. The van der Waals surface area contributed by atoms with Crippen LogP contribution in [0.5, 0.6) is 17.2 Å². The molecule has 0 spiro atoms. The Morgan fingerprint density at radius 2 is 1.71 bits per heavy atom. The SMILES string of the molecule is COc1cc(OC)c(C2=CCN(Cc3ccccc3)CC2)c2c1C(=O)C(=Cc1ccccc1Br)O2. The highest BCUT2D eigenvalue weighted by Gasteiger charge is 2.36. The van der Waals surface area contributed by atoms with Gasteiger partial charge in [0.1, 0.15) is 17.1 Å². The Kier molecular flexibility index (Phi) is 6.75. The minimum absolute atomic E-state index is 0.196. The minimum atomic E-state index is -0.196. The van der Waals surface area contributed by atoms with Crippen molar-refractivity contribution in [3.63, 3.8) is 0 Å². The first-order valence-corrected chi connectivity index (χ1v) is 12.3. The van der Waals surface area contributed by atoms with Crippen LogP contribution in [0.3, 0.4) is 0 Å². The molecule has 0 bridgehead atoms. The summed E-state index contributed by atoms with van der Waals surface area (Å²) in [6.07, 6.45) is 4.79. The van der Waals surface area contributed by atoms with Gasteiger partial charge in [0.15, 0.2) is 11.5 Å². The maximum Gasteiger partial charge on any atom is 0.235 e. The average molecular weight is 532 g/mol. The Bertz CT molecular complexity index is 1330. The normalized spacial score (nSPS) is 16.6. The summed E-state index contributed by atoms with van der Waals surface area (Å²) in [5, 5.41) is 0. The minimum Gasteiger partial charge on any atom is -0.496 e. The molecule has 3 aromatic rings. The summed E-state index contributed by atoms with van der Waals surface area (Å²) in [5.41, 5.74) is 4.54. The first kappa shape index (κ1) is 23.4. The average Bonchev–Trinajstić information content (AvgIpc) is 3.21. The zero-order valence-electron chi connectivity index (χ0n) is 19.7. The summed E-state index contributed by atoms with van der Waals surface area (Å²) in [4.78, 5) is 15.8. The van der Waals surface area contributed by atoms with E-state index in [0.29, 0.717) is 22.8 Å². The van der Waals surface area contributed by atoms with Crippen LogP contribution in [-0.2, 0) is 6.54 Å². The lowest BCUT2D eigenvalue weighted by molar-refractivity contribution is 0.101. The molecule has 2 heterocycles. The van der Waals surface area contributed by atoms with Crippen molar-refractivity contribution in [3.8, 4) is 17.2 Å². The van der Waals surface area contributed by atoms with Gasteiger partial charge in [-0.1, -0.05) is 70.5 Å². The third-order valence-corrected chi connectivity index (χ3v) is 7.09. The molecule has 0 aromatic heterocycles. The first-order chi connectivity index (χ1) is 17.1. The van der Waals surface area contributed by atoms with E-state index in [4.69, 9.17) is 14.2 Å². The van der Waals surface area contributed by atoms with E-state index < -0.39 is 0 Å². The van der Waals surface area contributed by atoms with Crippen LogP contribution >= 0.6 is 15.9 Å². The first-order valence-electron chi connectivity index (χ1n) is 11.5. The number of fused-ring (bicyclic) bond motifs is 1. The molecule has 0 saturated carbocycles. The second-order valence-electron chi connectivity index (χ2n) is 8.52. The van der Waals surface area contributed by atoms with Gasteiger partial charge in [-0.15, -0.1) is 0 Å². The third kappa shape index (κ3) is 4.64. The monoisotopic (exact) mass is 531 g/mol. The van der Waals surface area contributed by atoms with Crippen LogP contribution in [0, 0.1) is 0 Å². The molecule has 0 saturated heterocycles. The molecule has 35 heavy (non-hydrogen) atoms. The number of carbonyl (C=O) groups excluding carboxylic acids is 1. The van der Waals surface area contributed by atoms with Crippen molar-refractivity contribution in [2.24, 2.45) is 0 Å². The van der Waals surface area contributed by atoms with E-state index in [1.807, 2.05) is 30.3 Å². The van der Waals surface area contributed by atoms with Crippen LogP contribution in [0.4, 0.5) is 0 Å². The second kappa shape index (κ2) is 10.1. The number of rotatable bonds is 6. The Labute approximate surface area is 213 Å². The number of hydrogen-bond donors (Lipinski definition) is 0. The summed E-state index contributed by atoms with van der Waals surface area (Å²) in [7, 11) is 3.18. The molecule has 0 unspecified atom stereocenters. The lowest BCUT2D eigenvalue weighted by atomic mass is 9.94.